The van der Waals surface area contributed by atoms with Crippen LogP contribution in [0.3, 0.4) is 0 Å². The zero-order valence-corrected chi connectivity index (χ0v) is 18.7. The summed E-state index contributed by atoms with van der Waals surface area (Å²) >= 11 is 9.46. The average molecular weight is 503 g/mol. The molecule has 0 spiro atoms. The Morgan fingerprint density at radius 3 is 2.77 bits per heavy atom. The summed E-state index contributed by atoms with van der Waals surface area (Å²) in [7, 11) is 0. The first-order chi connectivity index (χ1) is 14.8. The second-order valence-electron chi connectivity index (χ2n) is 6.56. The maximum atomic E-state index is 12.3. The molecule has 0 aliphatic carbocycles. The normalized spacial score (nSPS) is 10.8. The van der Waals surface area contributed by atoms with E-state index in [1.54, 1.807) is 48.5 Å². The summed E-state index contributed by atoms with van der Waals surface area (Å²) in [6.45, 7) is 1.99. The first-order valence-corrected chi connectivity index (χ1v) is 10.3. The van der Waals surface area contributed by atoms with Gasteiger partial charge in [0, 0.05) is 32.8 Å². The number of non-ortho nitro benzene ring substituents is 1. The summed E-state index contributed by atoms with van der Waals surface area (Å²) in [6, 6.07) is 16.5. The molecule has 0 saturated carbocycles. The van der Waals surface area contributed by atoms with Crippen LogP contribution in [0.2, 0.25) is 5.02 Å². The summed E-state index contributed by atoms with van der Waals surface area (Å²) in [6.07, 6.45) is 1.46. The summed E-state index contributed by atoms with van der Waals surface area (Å²) in [4.78, 5) is 22.7. The molecule has 1 N–H and O–H groups in total. The molecule has 0 heterocycles. The molecular formula is C22H17BrClN3O4. The van der Waals surface area contributed by atoms with Gasteiger partial charge >= 0.3 is 0 Å². The lowest BCUT2D eigenvalue weighted by Gasteiger charge is -2.10. The van der Waals surface area contributed by atoms with Crippen LogP contribution in [-0.2, 0) is 6.61 Å². The van der Waals surface area contributed by atoms with Crippen molar-refractivity contribution in [3.05, 3.63) is 103 Å². The first-order valence-electron chi connectivity index (χ1n) is 9.09. The van der Waals surface area contributed by atoms with Crippen molar-refractivity contribution in [2.45, 2.75) is 13.5 Å². The topological polar surface area (TPSA) is 93.8 Å². The van der Waals surface area contributed by atoms with Crippen molar-refractivity contribution in [2.24, 2.45) is 5.10 Å². The molecule has 0 unspecified atom stereocenters. The van der Waals surface area contributed by atoms with Gasteiger partial charge in [-0.05, 0) is 48.4 Å². The van der Waals surface area contributed by atoms with E-state index in [2.05, 4.69) is 26.5 Å². The van der Waals surface area contributed by atoms with Crippen molar-refractivity contribution < 1.29 is 14.5 Å². The number of carbonyl (C=O) groups excluding carboxylic acids is 1. The number of benzene rings is 3. The van der Waals surface area contributed by atoms with E-state index in [0.717, 1.165) is 10.0 Å². The monoisotopic (exact) mass is 501 g/mol. The third kappa shape index (κ3) is 6.13. The van der Waals surface area contributed by atoms with Crippen molar-refractivity contribution in [1.82, 2.24) is 5.43 Å². The fraction of sp³-hybridized carbons (Fsp3) is 0.0909. The summed E-state index contributed by atoms with van der Waals surface area (Å²) in [5.74, 6) is 0.110. The predicted octanol–water partition coefficient (Wildman–Crippen LogP) is 5.66. The van der Waals surface area contributed by atoms with Crippen molar-refractivity contribution in [2.75, 3.05) is 0 Å². The molecule has 0 atom stereocenters. The predicted molar refractivity (Wildman–Crippen MR) is 123 cm³/mol. The van der Waals surface area contributed by atoms with E-state index in [1.807, 2.05) is 6.92 Å². The van der Waals surface area contributed by atoms with Crippen LogP contribution in [0.1, 0.15) is 27.0 Å². The number of aryl methyl sites for hydroxylation is 1. The number of amides is 1. The average Bonchev–Trinajstić information content (AvgIpc) is 2.75. The Morgan fingerprint density at radius 2 is 2.03 bits per heavy atom. The smallest absolute Gasteiger partial charge is 0.271 e. The van der Waals surface area contributed by atoms with Crippen LogP contribution >= 0.6 is 27.5 Å². The Hall–Kier alpha value is -3.23. The van der Waals surface area contributed by atoms with E-state index in [1.165, 1.54) is 18.3 Å². The Bertz CT molecular complexity index is 1170. The Labute approximate surface area is 192 Å². The van der Waals surface area contributed by atoms with Crippen LogP contribution in [-0.4, -0.2) is 17.0 Å². The largest absolute Gasteiger partial charge is 0.488 e. The standard InChI is InChI=1S/C22H17BrClN3O4/c1-14-5-6-16(11-20(14)24)22(28)26-25-12-17-10-18(23)7-8-21(17)31-13-15-3-2-4-19(9-15)27(29)30/h2-12H,13H2,1H3,(H,26,28)/b25-12-. The quantitative estimate of drug-likeness (QED) is 0.256. The number of rotatable bonds is 7. The maximum Gasteiger partial charge on any atom is 0.271 e. The number of nitro benzene ring substituents is 1. The highest BCUT2D eigenvalue weighted by atomic mass is 79.9. The molecule has 0 aromatic heterocycles. The Balaban J connectivity index is 1.70. The molecule has 31 heavy (non-hydrogen) atoms. The van der Waals surface area contributed by atoms with E-state index < -0.39 is 10.8 Å². The second kappa shape index (κ2) is 10.2. The van der Waals surface area contributed by atoms with Crippen molar-refractivity contribution >= 4 is 45.3 Å². The minimum absolute atomic E-state index is 0.00221. The number of hydrazone groups is 1. The minimum atomic E-state index is -0.453. The van der Waals surface area contributed by atoms with Gasteiger partial charge in [0.2, 0.25) is 0 Å². The SMILES string of the molecule is Cc1ccc(C(=O)N/N=C\c2cc(Br)ccc2OCc2cccc([N+](=O)[O-])c2)cc1Cl. The van der Waals surface area contributed by atoms with Gasteiger partial charge in [-0.3, -0.25) is 14.9 Å². The fourth-order valence-corrected chi connectivity index (χ4v) is 3.19. The lowest BCUT2D eigenvalue weighted by atomic mass is 10.1. The van der Waals surface area contributed by atoms with Crippen LogP contribution in [0.15, 0.2) is 70.2 Å². The molecule has 0 aliphatic heterocycles. The van der Waals surface area contributed by atoms with Crippen molar-refractivity contribution in [3.8, 4) is 5.75 Å². The zero-order chi connectivity index (χ0) is 22.4. The second-order valence-corrected chi connectivity index (χ2v) is 7.88. The highest BCUT2D eigenvalue weighted by Gasteiger charge is 2.09. The third-order valence-electron chi connectivity index (χ3n) is 4.29. The van der Waals surface area contributed by atoms with Gasteiger partial charge in [0.1, 0.15) is 12.4 Å². The number of nitrogens with one attached hydrogen (secondary N) is 1. The van der Waals surface area contributed by atoms with Crippen LogP contribution in [0.4, 0.5) is 5.69 Å². The number of halogens is 2. The lowest BCUT2D eigenvalue weighted by Crippen LogP contribution is -2.17. The van der Waals surface area contributed by atoms with E-state index in [0.29, 0.717) is 27.5 Å². The van der Waals surface area contributed by atoms with Crippen molar-refractivity contribution in [3.63, 3.8) is 0 Å². The number of carbonyl (C=O) groups is 1. The third-order valence-corrected chi connectivity index (χ3v) is 5.19. The van der Waals surface area contributed by atoms with E-state index in [4.69, 9.17) is 16.3 Å². The number of nitro groups is 1. The Kier molecular flexibility index (Phi) is 7.38. The molecule has 0 fully saturated rings. The molecular weight excluding hydrogens is 486 g/mol. The summed E-state index contributed by atoms with van der Waals surface area (Å²) in [5.41, 5.74) is 5.00. The van der Waals surface area contributed by atoms with E-state index >= 15 is 0 Å². The van der Waals surface area contributed by atoms with Gasteiger partial charge in [0.05, 0.1) is 11.1 Å². The van der Waals surface area contributed by atoms with E-state index in [-0.39, 0.29) is 12.3 Å². The lowest BCUT2D eigenvalue weighted by molar-refractivity contribution is -0.384. The number of hydrogen-bond acceptors (Lipinski definition) is 5. The van der Waals surface area contributed by atoms with Gasteiger partial charge in [-0.15, -0.1) is 0 Å². The van der Waals surface area contributed by atoms with Gasteiger partial charge in [-0.2, -0.15) is 5.10 Å². The number of ether oxygens (including phenoxy) is 1. The summed E-state index contributed by atoms with van der Waals surface area (Å²) in [5, 5.41) is 15.4. The molecule has 3 aromatic carbocycles. The van der Waals surface area contributed by atoms with Crippen LogP contribution in [0.25, 0.3) is 0 Å². The molecule has 0 aliphatic rings. The van der Waals surface area contributed by atoms with E-state index in [9.17, 15) is 14.9 Å². The van der Waals surface area contributed by atoms with Crippen LogP contribution in [0, 0.1) is 17.0 Å². The Morgan fingerprint density at radius 1 is 1.23 bits per heavy atom. The molecule has 0 saturated heterocycles. The van der Waals surface area contributed by atoms with Crippen LogP contribution in [0.5, 0.6) is 5.75 Å². The van der Waals surface area contributed by atoms with Crippen LogP contribution < -0.4 is 10.2 Å². The van der Waals surface area contributed by atoms with Crippen molar-refractivity contribution in [1.29, 1.82) is 0 Å². The molecule has 158 valence electrons. The van der Waals surface area contributed by atoms with Gasteiger partial charge in [-0.25, -0.2) is 5.43 Å². The highest BCUT2D eigenvalue weighted by molar-refractivity contribution is 9.10. The minimum Gasteiger partial charge on any atom is -0.488 e. The summed E-state index contributed by atoms with van der Waals surface area (Å²) < 4.78 is 6.62. The molecule has 0 bridgehead atoms. The zero-order valence-electron chi connectivity index (χ0n) is 16.3. The number of nitrogens with zero attached hydrogens (tertiary/aromatic N) is 2. The highest BCUT2D eigenvalue weighted by Crippen LogP contribution is 2.23. The van der Waals surface area contributed by atoms with Gasteiger partial charge < -0.3 is 4.74 Å². The molecule has 9 heteroatoms. The fourth-order valence-electron chi connectivity index (χ4n) is 2.63. The van der Waals surface area contributed by atoms with Gasteiger partial charge in [-0.1, -0.05) is 45.7 Å². The molecule has 1 amide bonds. The molecule has 3 rings (SSSR count). The maximum absolute atomic E-state index is 12.3. The van der Waals surface area contributed by atoms with Gasteiger partial charge in [0.15, 0.2) is 0 Å². The molecule has 0 radical (unpaired) electrons. The molecule has 7 nitrogen and oxygen atoms in total. The number of hydrogen-bond donors (Lipinski definition) is 1. The first kappa shape index (κ1) is 22.5. The van der Waals surface area contributed by atoms with Gasteiger partial charge in [0.25, 0.3) is 11.6 Å². The molecule has 3 aromatic rings.